The molecule has 4 heteroatoms. The topological polar surface area (TPSA) is 31.2 Å². The summed E-state index contributed by atoms with van der Waals surface area (Å²) < 4.78 is 0. The summed E-state index contributed by atoms with van der Waals surface area (Å²) in [7, 11) is 0. The molecule has 0 radical (unpaired) electrons. The third kappa shape index (κ3) is 5.50. The predicted octanol–water partition coefficient (Wildman–Crippen LogP) is 10.1. The van der Waals surface area contributed by atoms with Crippen LogP contribution in [-0.2, 0) is 0 Å². The zero-order valence-corrected chi connectivity index (χ0v) is 25.5. The van der Waals surface area contributed by atoms with E-state index in [2.05, 4.69) is 180 Å². The summed E-state index contributed by atoms with van der Waals surface area (Å²) in [5.41, 5.74) is 11.7. The molecular formula is C42H34N4. The van der Waals surface area contributed by atoms with E-state index in [0.29, 0.717) is 0 Å². The maximum absolute atomic E-state index is 5.10. The van der Waals surface area contributed by atoms with Crippen LogP contribution in [0.15, 0.2) is 180 Å². The lowest BCUT2D eigenvalue weighted by Crippen LogP contribution is -2.18. The van der Waals surface area contributed by atoms with Crippen LogP contribution in [0.2, 0.25) is 0 Å². The number of benzene rings is 6. The first-order valence-corrected chi connectivity index (χ1v) is 15.9. The highest BCUT2D eigenvalue weighted by atomic mass is 15.5. The van der Waals surface area contributed by atoms with E-state index in [1.165, 1.54) is 33.4 Å². The van der Waals surface area contributed by atoms with Gasteiger partial charge in [0.15, 0.2) is 0 Å². The molecule has 8 rings (SSSR count). The van der Waals surface area contributed by atoms with Gasteiger partial charge in [0.05, 0.1) is 34.9 Å². The summed E-state index contributed by atoms with van der Waals surface area (Å²) in [4.78, 5) is 0. The standard InChI is InChI=1S/C42H34N4/c1-5-13-33(14-6-1)39-29-41(45(43-39)37-17-9-3-10-18-37)35-25-21-31(22-26-35)32-23-27-36(28-24-32)42-30-40(34-15-7-2-8-16-34)44-46(42)38-19-11-4-12-20-38/h1-28,41-42H,29-30H2. The number of nitrogens with zero attached hydrogens (tertiary/aromatic N) is 4. The van der Waals surface area contributed by atoms with Gasteiger partial charge in [-0.05, 0) is 57.6 Å². The molecule has 46 heavy (non-hydrogen) atoms. The van der Waals surface area contributed by atoms with Crippen LogP contribution in [0.5, 0.6) is 0 Å². The maximum atomic E-state index is 5.10. The SMILES string of the molecule is c1ccc(C2=NN(c3ccccc3)C(c3ccc(-c4ccc(C5CC(c6ccccc6)=NN5c5ccccc5)cc4)cc3)C2)cc1. The molecule has 0 amide bonds. The van der Waals surface area contributed by atoms with Crippen molar-refractivity contribution in [3.8, 4) is 11.1 Å². The van der Waals surface area contributed by atoms with Gasteiger partial charge in [0.2, 0.25) is 0 Å². The Morgan fingerprint density at radius 1 is 0.348 bits per heavy atom. The van der Waals surface area contributed by atoms with Gasteiger partial charge in [-0.3, -0.25) is 10.0 Å². The van der Waals surface area contributed by atoms with Crippen molar-refractivity contribution in [1.82, 2.24) is 0 Å². The van der Waals surface area contributed by atoms with Crippen molar-refractivity contribution >= 4 is 22.8 Å². The van der Waals surface area contributed by atoms with Crippen LogP contribution in [0.3, 0.4) is 0 Å². The highest BCUT2D eigenvalue weighted by Crippen LogP contribution is 2.39. The van der Waals surface area contributed by atoms with Crippen LogP contribution >= 0.6 is 0 Å². The minimum absolute atomic E-state index is 0.138. The van der Waals surface area contributed by atoms with Crippen molar-refractivity contribution < 1.29 is 0 Å². The average molecular weight is 595 g/mol. The Bertz CT molecular complexity index is 1820. The molecular weight excluding hydrogens is 560 g/mol. The number of anilines is 2. The zero-order valence-electron chi connectivity index (χ0n) is 25.5. The van der Waals surface area contributed by atoms with Crippen molar-refractivity contribution in [2.24, 2.45) is 10.2 Å². The van der Waals surface area contributed by atoms with Gasteiger partial charge in [-0.1, -0.05) is 146 Å². The molecule has 0 aliphatic carbocycles. The Hall–Kier alpha value is -5.74. The van der Waals surface area contributed by atoms with Gasteiger partial charge in [0.25, 0.3) is 0 Å². The fraction of sp³-hybridized carbons (Fsp3) is 0.0952. The lowest BCUT2D eigenvalue weighted by molar-refractivity contribution is 0.709. The van der Waals surface area contributed by atoms with Gasteiger partial charge in [-0.15, -0.1) is 0 Å². The fourth-order valence-corrected chi connectivity index (χ4v) is 6.58. The van der Waals surface area contributed by atoms with Gasteiger partial charge in [0, 0.05) is 12.8 Å². The Morgan fingerprint density at radius 3 is 1.02 bits per heavy atom. The second-order valence-corrected chi connectivity index (χ2v) is 11.9. The highest BCUT2D eigenvalue weighted by Gasteiger charge is 2.31. The lowest BCUT2D eigenvalue weighted by Gasteiger charge is -2.24. The van der Waals surface area contributed by atoms with Gasteiger partial charge in [0.1, 0.15) is 0 Å². The molecule has 0 bridgehead atoms. The van der Waals surface area contributed by atoms with E-state index >= 15 is 0 Å². The van der Waals surface area contributed by atoms with Gasteiger partial charge < -0.3 is 0 Å². The van der Waals surface area contributed by atoms with Crippen LogP contribution < -0.4 is 10.0 Å². The van der Waals surface area contributed by atoms with Crippen molar-refractivity contribution in [3.05, 3.63) is 192 Å². The minimum atomic E-state index is 0.138. The van der Waals surface area contributed by atoms with Crippen molar-refractivity contribution in [1.29, 1.82) is 0 Å². The van der Waals surface area contributed by atoms with E-state index in [4.69, 9.17) is 10.2 Å². The Morgan fingerprint density at radius 2 is 0.674 bits per heavy atom. The number of rotatable bonds is 7. The van der Waals surface area contributed by atoms with Crippen LogP contribution in [0.1, 0.15) is 47.2 Å². The number of para-hydroxylation sites is 2. The fourth-order valence-electron chi connectivity index (χ4n) is 6.58. The molecule has 0 saturated carbocycles. The van der Waals surface area contributed by atoms with Crippen LogP contribution in [0.4, 0.5) is 11.4 Å². The van der Waals surface area contributed by atoms with Crippen LogP contribution in [0, 0.1) is 0 Å². The number of hydrogen-bond donors (Lipinski definition) is 0. The molecule has 0 fully saturated rings. The minimum Gasteiger partial charge on any atom is -0.257 e. The largest absolute Gasteiger partial charge is 0.257 e. The second kappa shape index (κ2) is 12.3. The Balaban J connectivity index is 1.04. The van der Waals surface area contributed by atoms with Crippen molar-refractivity contribution in [2.75, 3.05) is 10.0 Å². The molecule has 222 valence electrons. The summed E-state index contributed by atoms with van der Waals surface area (Å²) in [5.74, 6) is 0. The molecule has 2 heterocycles. The molecule has 2 aliphatic rings. The number of hydrazone groups is 2. The smallest absolute Gasteiger partial charge is 0.0831 e. The summed E-state index contributed by atoms with van der Waals surface area (Å²) in [6.07, 6.45) is 1.72. The number of hydrogen-bond acceptors (Lipinski definition) is 4. The molecule has 2 aliphatic heterocycles. The second-order valence-electron chi connectivity index (χ2n) is 11.9. The first-order valence-electron chi connectivity index (χ1n) is 15.9. The van der Waals surface area contributed by atoms with E-state index in [0.717, 1.165) is 35.6 Å². The predicted molar refractivity (Wildman–Crippen MR) is 190 cm³/mol. The molecule has 0 aromatic heterocycles. The molecule has 0 spiro atoms. The maximum Gasteiger partial charge on any atom is 0.0831 e. The highest BCUT2D eigenvalue weighted by molar-refractivity contribution is 6.04. The first kappa shape index (κ1) is 27.8. The monoisotopic (exact) mass is 594 g/mol. The molecule has 0 N–H and O–H groups in total. The average Bonchev–Trinajstić information content (AvgIpc) is 3.80. The van der Waals surface area contributed by atoms with E-state index < -0.39 is 0 Å². The van der Waals surface area contributed by atoms with Crippen molar-refractivity contribution in [2.45, 2.75) is 24.9 Å². The molecule has 6 aromatic carbocycles. The van der Waals surface area contributed by atoms with E-state index in [9.17, 15) is 0 Å². The van der Waals surface area contributed by atoms with Crippen LogP contribution in [-0.4, -0.2) is 11.4 Å². The summed E-state index contributed by atoms with van der Waals surface area (Å²) in [6, 6.07) is 60.3. The van der Waals surface area contributed by atoms with E-state index in [1.54, 1.807) is 0 Å². The molecule has 2 atom stereocenters. The molecule has 6 aromatic rings. The van der Waals surface area contributed by atoms with Crippen LogP contribution in [0.25, 0.3) is 11.1 Å². The van der Waals surface area contributed by atoms with Crippen molar-refractivity contribution in [3.63, 3.8) is 0 Å². The first-order chi connectivity index (χ1) is 22.8. The van der Waals surface area contributed by atoms with E-state index in [-0.39, 0.29) is 12.1 Å². The quantitative estimate of drug-likeness (QED) is 0.184. The van der Waals surface area contributed by atoms with E-state index in [1.807, 2.05) is 0 Å². The van der Waals surface area contributed by atoms with Gasteiger partial charge >= 0.3 is 0 Å². The summed E-state index contributed by atoms with van der Waals surface area (Å²) in [6.45, 7) is 0. The summed E-state index contributed by atoms with van der Waals surface area (Å²) in [5, 5.41) is 14.6. The Labute approximate surface area is 270 Å². The third-order valence-electron chi connectivity index (χ3n) is 9.00. The zero-order chi connectivity index (χ0) is 30.7. The summed E-state index contributed by atoms with van der Waals surface area (Å²) >= 11 is 0. The normalized spacial score (nSPS) is 17.6. The van der Waals surface area contributed by atoms with Gasteiger partial charge in [-0.25, -0.2) is 0 Å². The Kier molecular flexibility index (Phi) is 7.45. The third-order valence-corrected chi connectivity index (χ3v) is 9.00. The molecule has 4 nitrogen and oxygen atoms in total. The molecule has 2 unspecified atom stereocenters. The van der Waals surface area contributed by atoms with Gasteiger partial charge in [-0.2, -0.15) is 10.2 Å². The molecule has 0 saturated heterocycles. The lowest BCUT2D eigenvalue weighted by atomic mass is 9.94.